The quantitative estimate of drug-likeness (QED) is 0.776. The first-order chi connectivity index (χ1) is 7.97. The van der Waals surface area contributed by atoms with Crippen molar-refractivity contribution in [2.24, 2.45) is 5.41 Å². The van der Waals surface area contributed by atoms with Crippen LogP contribution in [0, 0.1) is 11.2 Å². The Balaban J connectivity index is 2.22. The molecule has 1 aromatic rings. The van der Waals surface area contributed by atoms with Gasteiger partial charge in [-0.1, -0.05) is 6.92 Å². The molecule has 1 aliphatic rings. The summed E-state index contributed by atoms with van der Waals surface area (Å²) in [5.74, 6) is -0.358. The minimum absolute atomic E-state index is 0.0716. The number of sulfone groups is 1. The SMILES string of the molecule is CCC1(CS(=O)(=O)c2ccc(F)cc2)COC1. The molecule has 1 aliphatic heterocycles. The highest BCUT2D eigenvalue weighted by Gasteiger charge is 2.41. The van der Waals surface area contributed by atoms with Crippen LogP contribution in [0.2, 0.25) is 0 Å². The maximum Gasteiger partial charge on any atom is 0.179 e. The molecule has 0 N–H and O–H groups in total. The third kappa shape index (κ3) is 2.50. The highest BCUT2D eigenvalue weighted by Crippen LogP contribution is 2.34. The summed E-state index contributed by atoms with van der Waals surface area (Å²) in [6, 6.07) is 4.96. The van der Waals surface area contributed by atoms with Gasteiger partial charge in [-0.3, -0.25) is 0 Å². The normalized spacial score (nSPS) is 18.7. The molecule has 3 nitrogen and oxygen atoms in total. The largest absolute Gasteiger partial charge is 0.380 e. The van der Waals surface area contributed by atoms with Crippen molar-refractivity contribution in [3.8, 4) is 0 Å². The molecule has 1 aromatic carbocycles. The fourth-order valence-electron chi connectivity index (χ4n) is 1.91. The van der Waals surface area contributed by atoms with Gasteiger partial charge in [0.15, 0.2) is 9.84 Å². The first kappa shape index (κ1) is 12.5. The maximum absolute atomic E-state index is 12.7. The molecule has 0 aliphatic carbocycles. The summed E-state index contributed by atoms with van der Waals surface area (Å²) in [5.41, 5.74) is -0.257. The Morgan fingerprint density at radius 2 is 1.88 bits per heavy atom. The van der Waals surface area contributed by atoms with Crippen molar-refractivity contribution in [1.82, 2.24) is 0 Å². The van der Waals surface area contributed by atoms with Crippen molar-refractivity contribution in [2.45, 2.75) is 18.2 Å². The Bertz CT molecular complexity index is 483. The van der Waals surface area contributed by atoms with Gasteiger partial charge in [0.25, 0.3) is 0 Å². The van der Waals surface area contributed by atoms with Gasteiger partial charge in [0.1, 0.15) is 5.82 Å². The number of halogens is 1. The summed E-state index contributed by atoms with van der Waals surface area (Å²) < 4.78 is 42.1. The highest BCUT2D eigenvalue weighted by atomic mass is 32.2. The molecule has 94 valence electrons. The van der Waals surface area contributed by atoms with E-state index >= 15 is 0 Å². The summed E-state index contributed by atoms with van der Waals surface area (Å²) in [4.78, 5) is 0.179. The maximum atomic E-state index is 12.7. The molecule has 0 spiro atoms. The smallest absolute Gasteiger partial charge is 0.179 e. The Morgan fingerprint density at radius 3 is 2.29 bits per heavy atom. The molecule has 0 radical (unpaired) electrons. The lowest BCUT2D eigenvalue weighted by Gasteiger charge is -2.40. The van der Waals surface area contributed by atoms with Crippen LogP contribution < -0.4 is 0 Å². The van der Waals surface area contributed by atoms with Crippen LogP contribution in [0.25, 0.3) is 0 Å². The monoisotopic (exact) mass is 258 g/mol. The summed E-state index contributed by atoms with van der Waals surface area (Å²) >= 11 is 0. The molecular weight excluding hydrogens is 243 g/mol. The average Bonchev–Trinajstić information content (AvgIpc) is 2.24. The topological polar surface area (TPSA) is 43.4 Å². The second kappa shape index (κ2) is 4.38. The Labute approximate surface area is 101 Å². The minimum atomic E-state index is -3.35. The van der Waals surface area contributed by atoms with E-state index in [0.717, 1.165) is 6.42 Å². The van der Waals surface area contributed by atoms with Crippen molar-refractivity contribution in [3.63, 3.8) is 0 Å². The number of ether oxygens (including phenoxy) is 1. The van der Waals surface area contributed by atoms with Crippen LogP contribution in [0.3, 0.4) is 0 Å². The van der Waals surface area contributed by atoms with Crippen LogP contribution in [0.1, 0.15) is 13.3 Å². The van der Waals surface area contributed by atoms with Crippen LogP contribution in [-0.4, -0.2) is 27.4 Å². The molecule has 17 heavy (non-hydrogen) atoms. The lowest BCUT2D eigenvalue weighted by atomic mass is 9.86. The molecule has 1 fully saturated rings. The number of rotatable bonds is 4. The predicted molar refractivity (Wildman–Crippen MR) is 62.0 cm³/mol. The Hall–Kier alpha value is -0.940. The van der Waals surface area contributed by atoms with Crippen LogP contribution >= 0.6 is 0 Å². The standard InChI is InChI=1S/C12H15FO3S/c1-2-12(7-16-8-12)9-17(14,15)11-5-3-10(13)4-6-11/h3-6H,2,7-9H2,1H3. The highest BCUT2D eigenvalue weighted by molar-refractivity contribution is 7.91. The van der Waals surface area contributed by atoms with E-state index in [1.807, 2.05) is 6.92 Å². The fraction of sp³-hybridized carbons (Fsp3) is 0.500. The zero-order chi connectivity index (χ0) is 12.5. The number of hydrogen-bond acceptors (Lipinski definition) is 3. The van der Waals surface area contributed by atoms with Gasteiger partial charge in [-0.25, -0.2) is 12.8 Å². The van der Waals surface area contributed by atoms with E-state index in [4.69, 9.17) is 4.74 Å². The molecule has 5 heteroatoms. The van der Waals surface area contributed by atoms with Gasteiger partial charge in [0, 0.05) is 5.41 Å². The van der Waals surface area contributed by atoms with Gasteiger partial charge in [0.05, 0.1) is 23.9 Å². The van der Waals surface area contributed by atoms with Crippen molar-refractivity contribution in [3.05, 3.63) is 30.1 Å². The fourth-order valence-corrected chi connectivity index (χ4v) is 3.80. The Morgan fingerprint density at radius 1 is 1.29 bits per heavy atom. The lowest BCUT2D eigenvalue weighted by molar-refractivity contribution is -0.100. The molecule has 0 atom stereocenters. The van der Waals surface area contributed by atoms with Crippen LogP contribution in [0.15, 0.2) is 29.2 Å². The summed E-state index contributed by atoms with van der Waals surface area (Å²) in [6.07, 6.45) is 0.771. The van der Waals surface area contributed by atoms with Gasteiger partial charge >= 0.3 is 0 Å². The molecule has 1 heterocycles. The molecule has 0 amide bonds. The van der Waals surface area contributed by atoms with Gasteiger partial charge < -0.3 is 4.74 Å². The van der Waals surface area contributed by atoms with Crippen LogP contribution in [0.4, 0.5) is 4.39 Å². The first-order valence-corrected chi connectivity index (χ1v) is 7.19. The minimum Gasteiger partial charge on any atom is -0.380 e. The number of benzene rings is 1. The van der Waals surface area contributed by atoms with E-state index in [2.05, 4.69) is 0 Å². The van der Waals surface area contributed by atoms with E-state index in [-0.39, 0.29) is 16.1 Å². The first-order valence-electron chi connectivity index (χ1n) is 5.54. The van der Waals surface area contributed by atoms with Crippen LogP contribution in [-0.2, 0) is 14.6 Å². The molecular formula is C12H15FO3S. The molecule has 0 saturated carbocycles. The zero-order valence-corrected chi connectivity index (χ0v) is 10.5. The van der Waals surface area contributed by atoms with Crippen molar-refractivity contribution >= 4 is 9.84 Å². The number of hydrogen-bond donors (Lipinski definition) is 0. The van der Waals surface area contributed by atoms with E-state index in [9.17, 15) is 12.8 Å². The second-order valence-corrected chi connectivity index (χ2v) is 6.55. The van der Waals surface area contributed by atoms with Crippen molar-refractivity contribution < 1.29 is 17.5 Å². The second-order valence-electron chi connectivity index (χ2n) is 4.56. The summed E-state index contributed by atoms with van der Waals surface area (Å²) in [5, 5.41) is 0. The van der Waals surface area contributed by atoms with Gasteiger partial charge in [0.2, 0.25) is 0 Å². The summed E-state index contributed by atoms with van der Waals surface area (Å²) in [6.45, 7) is 2.94. The van der Waals surface area contributed by atoms with E-state index in [1.54, 1.807) is 0 Å². The molecule has 0 bridgehead atoms. The average molecular weight is 258 g/mol. The van der Waals surface area contributed by atoms with Crippen molar-refractivity contribution in [2.75, 3.05) is 19.0 Å². The predicted octanol–water partition coefficient (Wildman–Crippen LogP) is 2.03. The third-order valence-electron chi connectivity index (χ3n) is 3.24. The van der Waals surface area contributed by atoms with Crippen LogP contribution in [0.5, 0.6) is 0 Å². The van der Waals surface area contributed by atoms with Gasteiger partial charge in [-0.05, 0) is 30.7 Å². The third-order valence-corrected chi connectivity index (χ3v) is 5.22. The van der Waals surface area contributed by atoms with Crippen molar-refractivity contribution in [1.29, 1.82) is 0 Å². The Kier molecular flexibility index (Phi) is 3.23. The molecule has 0 aromatic heterocycles. The molecule has 2 rings (SSSR count). The van der Waals surface area contributed by atoms with Gasteiger partial charge in [-0.2, -0.15) is 0 Å². The van der Waals surface area contributed by atoms with E-state index < -0.39 is 15.7 Å². The lowest BCUT2D eigenvalue weighted by Crippen LogP contribution is -2.47. The molecule has 0 unspecified atom stereocenters. The molecule has 1 saturated heterocycles. The van der Waals surface area contributed by atoms with E-state index in [0.29, 0.717) is 13.2 Å². The van der Waals surface area contributed by atoms with Gasteiger partial charge in [-0.15, -0.1) is 0 Å². The summed E-state index contributed by atoms with van der Waals surface area (Å²) in [7, 11) is -3.35. The zero-order valence-electron chi connectivity index (χ0n) is 9.65. The van der Waals surface area contributed by atoms with E-state index in [1.165, 1.54) is 24.3 Å².